The Morgan fingerprint density at radius 2 is 1.78 bits per heavy atom. The zero-order valence-electron chi connectivity index (χ0n) is 18.4. The van der Waals surface area contributed by atoms with E-state index in [4.69, 9.17) is 4.74 Å². The van der Waals surface area contributed by atoms with Crippen molar-refractivity contribution < 1.29 is 17.9 Å². The van der Waals surface area contributed by atoms with Crippen LogP contribution in [0.5, 0.6) is 11.5 Å². The summed E-state index contributed by atoms with van der Waals surface area (Å²) in [6.07, 6.45) is 0.483. The van der Waals surface area contributed by atoms with Gasteiger partial charge in [-0.05, 0) is 36.8 Å². The van der Waals surface area contributed by atoms with Crippen LogP contribution in [0, 0.1) is 0 Å². The molecule has 0 saturated carbocycles. The van der Waals surface area contributed by atoms with Gasteiger partial charge in [0.05, 0.1) is 23.2 Å². The number of benzene rings is 2. The summed E-state index contributed by atoms with van der Waals surface area (Å²) in [5, 5.41) is 7.59. The lowest BCUT2D eigenvalue weighted by Crippen LogP contribution is -2.20. The molecule has 2 heterocycles. The fourth-order valence-electron chi connectivity index (χ4n) is 3.61. The Morgan fingerprint density at radius 3 is 2.44 bits per heavy atom. The van der Waals surface area contributed by atoms with E-state index in [0.29, 0.717) is 29.3 Å². The average Bonchev–Trinajstić information content (AvgIpc) is 3.32. The van der Waals surface area contributed by atoms with Crippen molar-refractivity contribution in [1.82, 2.24) is 9.78 Å². The van der Waals surface area contributed by atoms with Crippen LogP contribution in [0.1, 0.15) is 49.3 Å². The molecule has 0 aliphatic carbocycles. The average molecular weight is 454 g/mol. The first-order chi connectivity index (χ1) is 15.1. The molecule has 1 aromatic heterocycles. The number of nitrogens with zero attached hydrogens (tertiary/aromatic N) is 2. The highest BCUT2D eigenvalue weighted by Gasteiger charge is 2.33. The minimum Gasteiger partial charge on any atom is -0.457 e. The smallest absolute Gasteiger partial charge is 0.256 e. The van der Waals surface area contributed by atoms with Gasteiger partial charge in [0.2, 0.25) is 0 Å². The maximum atomic E-state index is 13.0. The lowest BCUT2D eigenvalue weighted by molar-refractivity contribution is 0.102. The van der Waals surface area contributed by atoms with Crippen LogP contribution >= 0.6 is 0 Å². The minimum atomic E-state index is -3.09. The summed E-state index contributed by atoms with van der Waals surface area (Å²) >= 11 is 0. The van der Waals surface area contributed by atoms with E-state index in [1.165, 1.54) is 0 Å². The van der Waals surface area contributed by atoms with E-state index in [1.807, 2.05) is 57.2 Å². The molecule has 4 rings (SSSR count). The van der Waals surface area contributed by atoms with Gasteiger partial charge in [0.1, 0.15) is 17.3 Å². The third-order valence-corrected chi connectivity index (χ3v) is 7.13. The number of amides is 1. The summed E-state index contributed by atoms with van der Waals surface area (Å²) in [7, 11) is -3.09. The van der Waals surface area contributed by atoms with Gasteiger partial charge in [-0.15, -0.1) is 0 Å². The largest absolute Gasteiger partial charge is 0.457 e. The predicted molar refractivity (Wildman–Crippen MR) is 124 cm³/mol. The number of ether oxygens (including phenoxy) is 1. The molecule has 1 atom stereocenters. The molecule has 1 saturated heterocycles. The van der Waals surface area contributed by atoms with Crippen molar-refractivity contribution in [2.24, 2.45) is 0 Å². The maximum Gasteiger partial charge on any atom is 0.256 e. The fraction of sp³-hybridized carbons (Fsp3) is 0.333. The SMILES string of the molecule is CC(C)(C)c1cc(NC(=O)c2cccc(Oc3ccccc3)c2)n([C@H]2CCS(=O)(=O)C2)n1. The topological polar surface area (TPSA) is 90.3 Å². The molecule has 1 amide bonds. The summed E-state index contributed by atoms with van der Waals surface area (Å²) in [5.41, 5.74) is 0.979. The van der Waals surface area contributed by atoms with Crippen LogP contribution in [-0.4, -0.2) is 35.6 Å². The summed E-state index contributed by atoms with van der Waals surface area (Å²) in [6.45, 7) is 6.09. The van der Waals surface area contributed by atoms with Gasteiger partial charge in [-0.2, -0.15) is 5.10 Å². The Labute approximate surface area is 188 Å². The van der Waals surface area contributed by atoms with E-state index in [2.05, 4.69) is 10.4 Å². The van der Waals surface area contributed by atoms with E-state index in [1.54, 1.807) is 28.9 Å². The molecule has 168 valence electrons. The Balaban J connectivity index is 1.59. The van der Waals surface area contributed by atoms with Crippen molar-refractivity contribution in [3.8, 4) is 11.5 Å². The van der Waals surface area contributed by atoms with E-state index < -0.39 is 9.84 Å². The zero-order chi connectivity index (χ0) is 22.9. The highest BCUT2D eigenvalue weighted by atomic mass is 32.2. The molecule has 7 nitrogen and oxygen atoms in total. The number of hydrogen-bond donors (Lipinski definition) is 1. The minimum absolute atomic E-state index is 0.0293. The monoisotopic (exact) mass is 453 g/mol. The molecule has 1 fully saturated rings. The third-order valence-electron chi connectivity index (χ3n) is 5.38. The maximum absolute atomic E-state index is 13.0. The van der Waals surface area contributed by atoms with E-state index in [9.17, 15) is 13.2 Å². The van der Waals surface area contributed by atoms with Crippen molar-refractivity contribution in [2.75, 3.05) is 16.8 Å². The van der Waals surface area contributed by atoms with Crippen LogP contribution in [0.15, 0.2) is 60.7 Å². The number of carbonyl (C=O) groups is 1. The van der Waals surface area contributed by atoms with Crippen LogP contribution < -0.4 is 10.1 Å². The normalized spacial score (nSPS) is 17.8. The Bertz CT molecular complexity index is 1230. The molecule has 32 heavy (non-hydrogen) atoms. The molecule has 1 N–H and O–H groups in total. The van der Waals surface area contributed by atoms with Crippen molar-refractivity contribution in [1.29, 1.82) is 0 Å². The molecule has 2 aromatic carbocycles. The number of anilines is 1. The molecule has 0 unspecified atom stereocenters. The van der Waals surface area contributed by atoms with Crippen LogP contribution in [0.2, 0.25) is 0 Å². The van der Waals surface area contributed by atoms with Gasteiger partial charge in [0.15, 0.2) is 9.84 Å². The van der Waals surface area contributed by atoms with Crippen LogP contribution in [0.25, 0.3) is 0 Å². The molecule has 0 bridgehead atoms. The van der Waals surface area contributed by atoms with E-state index in [0.717, 1.165) is 5.69 Å². The van der Waals surface area contributed by atoms with Crippen LogP contribution in [0.3, 0.4) is 0 Å². The second kappa shape index (κ2) is 8.43. The van der Waals surface area contributed by atoms with Crippen LogP contribution in [0.4, 0.5) is 5.82 Å². The number of nitrogens with one attached hydrogen (secondary N) is 1. The second-order valence-electron chi connectivity index (χ2n) is 9.06. The highest BCUT2D eigenvalue weighted by molar-refractivity contribution is 7.91. The fourth-order valence-corrected chi connectivity index (χ4v) is 5.31. The first-order valence-corrected chi connectivity index (χ1v) is 12.4. The van der Waals surface area contributed by atoms with Gasteiger partial charge >= 0.3 is 0 Å². The van der Waals surface area contributed by atoms with Gasteiger partial charge in [-0.25, -0.2) is 13.1 Å². The van der Waals surface area contributed by atoms with Crippen molar-refractivity contribution in [3.05, 3.63) is 71.9 Å². The van der Waals surface area contributed by atoms with Gasteiger partial charge in [0, 0.05) is 17.0 Å². The molecule has 1 aliphatic rings. The molecular formula is C24H27N3O4S. The lowest BCUT2D eigenvalue weighted by atomic mass is 9.92. The Kier molecular flexibility index (Phi) is 5.81. The van der Waals surface area contributed by atoms with Crippen molar-refractivity contribution in [3.63, 3.8) is 0 Å². The number of aromatic nitrogens is 2. The molecular weight excluding hydrogens is 426 g/mol. The Hall–Kier alpha value is -3.13. The summed E-state index contributed by atoms with van der Waals surface area (Å²) in [5.74, 6) is 1.58. The highest BCUT2D eigenvalue weighted by Crippen LogP contribution is 2.31. The first-order valence-electron chi connectivity index (χ1n) is 10.6. The van der Waals surface area contributed by atoms with Crippen LogP contribution in [-0.2, 0) is 15.3 Å². The molecule has 0 radical (unpaired) electrons. The van der Waals surface area contributed by atoms with E-state index in [-0.39, 0.29) is 28.9 Å². The Morgan fingerprint density at radius 1 is 1.06 bits per heavy atom. The first kappa shape index (κ1) is 22.1. The second-order valence-corrected chi connectivity index (χ2v) is 11.3. The van der Waals surface area contributed by atoms with Gasteiger partial charge in [0.25, 0.3) is 5.91 Å². The van der Waals surface area contributed by atoms with Gasteiger partial charge in [-0.3, -0.25) is 4.79 Å². The van der Waals surface area contributed by atoms with E-state index >= 15 is 0 Å². The molecule has 1 aliphatic heterocycles. The number of hydrogen-bond acceptors (Lipinski definition) is 5. The molecule has 3 aromatic rings. The third kappa shape index (κ3) is 5.02. The number of para-hydroxylation sites is 1. The zero-order valence-corrected chi connectivity index (χ0v) is 19.2. The molecule has 8 heteroatoms. The standard InChI is InChI=1S/C24H27N3O4S/c1-24(2,3)21-15-22(27(26-21)18-12-13-32(29,30)16-18)25-23(28)17-8-7-11-20(14-17)31-19-9-5-4-6-10-19/h4-11,14-15,18H,12-13,16H2,1-3H3,(H,25,28)/t18-/m0/s1. The number of rotatable bonds is 5. The van der Waals surface area contributed by atoms with Gasteiger partial charge in [-0.1, -0.05) is 45.0 Å². The summed E-state index contributed by atoms with van der Waals surface area (Å²) < 4.78 is 31.5. The van der Waals surface area contributed by atoms with Gasteiger partial charge < -0.3 is 10.1 Å². The van der Waals surface area contributed by atoms with Crippen molar-refractivity contribution >= 4 is 21.6 Å². The number of sulfone groups is 1. The summed E-state index contributed by atoms with van der Waals surface area (Å²) in [4.78, 5) is 13.0. The molecule has 0 spiro atoms. The predicted octanol–water partition coefficient (Wildman–Crippen LogP) is 4.58. The lowest BCUT2D eigenvalue weighted by Gasteiger charge is -2.15. The summed E-state index contributed by atoms with van der Waals surface area (Å²) in [6, 6.07) is 17.8. The van der Waals surface area contributed by atoms with Crippen molar-refractivity contribution in [2.45, 2.75) is 38.6 Å². The number of carbonyl (C=O) groups excluding carboxylic acids is 1. The quantitative estimate of drug-likeness (QED) is 0.610.